The summed E-state index contributed by atoms with van der Waals surface area (Å²) in [6, 6.07) is 9.76. The van der Waals surface area contributed by atoms with E-state index in [1.807, 2.05) is 35.7 Å². The van der Waals surface area contributed by atoms with Gasteiger partial charge in [-0.15, -0.1) is 16.4 Å². The molecule has 3 rings (SSSR count). The number of carbonyl (C=O) groups excluding carboxylic acids is 1. The van der Waals surface area contributed by atoms with Crippen LogP contribution in [0.3, 0.4) is 0 Å². The van der Waals surface area contributed by atoms with Crippen LogP contribution in [0.1, 0.15) is 17.4 Å². The van der Waals surface area contributed by atoms with Gasteiger partial charge >= 0.3 is 5.97 Å². The first-order valence-electron chi connectivity index (χ1n) is 6.60. The lowest BCUT2D eigenvalue weighted by molar-refractivity contribution is 0.0520. The van der Waals surface area contributed by atoms with Gasteiger partial charge in [0, 0.05) is 10.9 Å². The zero-order valence-electron chi connectivity index (χ0n) is 11.8. The fraction of sp³-hybridized carbons (Fsp3) is 0.143. The number of nitrogen functional groups attached to an aromatic ring is 1. The van der Waals surface area contributed by atoms with Crippen molar-refractivity contribution in [3.63, 3.8) is 0 Å². The van der Waals surface area contributed by atoms with Crippen LogP contribution in [0.2, 0.25) is 0 Å². The van der Waals surface area contributed by atoms with Gasteiger partial charge < -0.3 is 10.5 Å². The number of benzene rings is 1. The van der Waals surface area contributed by atoms with Gasteiger partial charge in [-0.25, -0.2) is 9.78 Å². The van der Waals surface area contributed by atoms with E-state index in [1.165, 1.54) is 16.0 Å². The molecule has 2 aromatic heterocycles. The number of hydrogen-bond acceptors (Lipinski definition) is 7. The number of rotatable bonds is 4. The lowest BCUT2D eigenvalue weighted by atomic mass is 10.2. The molecule has 0 saturated carbocycles. The van der Waals surface area contributed by atoms with E-state index < -0.39 is 5.97 Å². The third-order valence-corrected chi connectivity index (χ3v) is 3.73. The molecule has 2 heterocycles. The Labute approximate surface area is 130 Å². The summed E-state index contributed by atoms with van der Waals surface area (Å²) in [6.07, 6.45) is 0. The zero-order chi connectivity index (χ0) is 15.5. The summed E-state index contributed by atoms with van der Waals surface area (Å²) in [5.41, 5.74) is 7.72. The van der Waals surface area contributed by atoms with Crippen molar-refractivity contribution in [2.24, 2.45) is 0 Å². The van der Waals surface area contributed by atoms with E-state index in [0.717, 1.165) is 11.3 Å². The minimum Gasteiger partial charge on any atom is -0.461 e. The molecular weight excluding hydrogens is 302 g/mol. The van der Waals surface area contributed by atoms with Crippen LogP contribution in [0.15, 0.2) is 35.7 Å². The first-order chi connectivity index (χ1) is 10.7. The van der Waals surface area contributed by atoms with E-state index in [9.17, 15) is 4.79 Å². The maximum Gasteiger partial charge on any atom is 0.362 e. The molecule has 0 aliphatic heterocycles. The Morgan fingerprint density at radius 3 is 2.86 bits per heavy atom. The summed E-state index contributed by atoms with van der Waals surface area (Å²) in [4.78, 5) is 16.2. The van der Waals surface area contributed by atoms with E-state index in [2.05, 4.69) is 15.3 Å². The van der Waals surface area contributed by atoms with Gasteiger partial charge in [-0.1, -0.05) is 35.5 Å². The molecule has 112 valence electrons. The van der Waals surface area contributed by atoms with Crippen LogP contribution in [0.4, 0.5) is 5.82 Å². The quantitative estimate of drug-likeness (QED) is 0.741. The Morgan fingerprint density at radius 2 is 2.14 bits per heavy atom. The molecule has 0 unspecified atom stereocenters. The molecule has 0 amide bonds. The average molecular weight is 315 g/mol. The number of nitrogens with zero attached hydrogens (tertiary/aromatic N) is 4. The van der Waals surface area contributed by atoms with Gasteiger partial charge in [-0.3, -0.25) is 0 Å². The summed E-state index contributed by atoms with van der Waals surface area (Å²) in [7, 11) is 0. The van der Waals surface area contributed by atoms with Crippen molar-refractivity contribution in [3.05, 3.63) is 41.4 Å². The molecule has 8 heteroatoms. The van der Waals surface area contributed by atoms with Gasteiger partial charge in [0.05, 0.1) is 12.3 Å². The molecule has 7 nitrogen and oxygen atoms in total. The van der Waals surface area contributed by atoms with Crippen LogP contribution in [0.25, 0.3) is 16.4 Å². The number of hydrogen-bond donors (Lipinski definition) is 1. The Balaban J connectivity index is 1.93. The van der Waals surface area contributed by atoms with E-state index in [1.54, 1.807) is 6.92 Å². The van der Waals surface area contributed by atoms with Crippen molar-refractivity contribution >= 4 is 23.1 Å². The molecule has 22 heavy (non-hydrogen) atoms. The minimum absolute atomic E-state index is 0.00156. The van der Waals surface area contributed by atoms with Crippen molar-refractivity contribution < 1.29 is 9.53 Å². The summed E-state index contributed by atoms with van der Waals surface area (Å²) < 4.78 is 6.22. The highest BCUT2D eigenvalue weighted by atomic mass is 32.1. The highest BCUT2D eigenvalue weighted by Gasteiger charge is 2.20. The molecule has 0 spiro atoms. The molecule has 0 saturated heterocycles. The highest BCUT2D eigenvalue weighted by molar-refractivity contribution is 7.12. The Bertz CT molecular complexity index is 797. The van der Waals surface area contributed by atoms with Gasteiger partial charge in [-0.2, -0.15) is 4.68 Å². The molecule has 2 N–H and O–H groups in total. The van der Waals surface area contributed by atoms with Crippen molar-refractivity contribution in [2.75, 3.05) is 12.3 Å². The number of ether oxygens (including phenoxy) is 1. The molecule has 3 aromatic rings. The number of carbonyl (C=O) groups is 1. The first kappa shape index (κ1) is 14.2. The molecule has 0 aliphatic carbocycles. The first-order valence-corrected chi connectivity index (χ1v) is 7.48. The summed E-state index contributed by atoms with van der Waals surface area (Å²) >= 11 is 1.37. The summed E-state index contributed by atoms with van der Waals surface area (Å²) in [5, 5.41) is 10.1. The maximum absolute atomic E-state index is 11.7. The SMILES string of the molecule is CCOC(=O)c1nnn(-c2nc(-c3ccccc3)cs2)c1N. The summed E-state index contributed by atoms with van der Waals surface area (Å²) in [5.74, 6) is -0.474. The van der Waals surface area contributed by atoms with Crippen molar-refractivity contribution in [1.82, 2.24) is 20.0 Å². The summed E-state index contributed by atoms with van der Waals surface area (Å²) in [6.45, 7) is 1.96. The molecule has 0 atom stereocenters. The normalized spacial score (nSPS) is 10.6. The van der Waals surface area contributed by atoms with Gasteiger partial charge in [-0.05, 0) is 6.92 Å². The van der Waals surface area contributed by atoms with Crippen molar-refractivity contribution in [1.29, 1.82) is 0 Å². The van der Waals surface area contributed by atoms with Gasteiger partial charge in [0.25, 0.3) is 0 Å². The third kappa shape index (κ3) is 2.56. The average Bonchev–Trinajstić information content (AvgIpc) is 3.15. The highest BCUT2D eigenvalue weighted by Crippen LogP contribution is 2.25. The van der Waals surface area contributed by atoms with Crippen LogP contribution in [0, 0.1) is 0 Å². The van der Waals surface area contributed by atoms with Crippen LogP contribution in [-0.2, 0) is 4.74 Å². The molecule has 0 aliphatic rings. The lowest BCUT2D eigenvalue weighted by Gasteiger charge is -2.00. The number of thiazole rings is 1. The molecular formula is C14H13N5O2S. The smallest absolute Gasteiger partial charge is 0.362 e. The lowest BCUT2D eigenvalue weighted by Crippen LogP contribution is -2.09. The minimum atomic E-state index is -0.592. The largest absolute Gasteiger partial charge is 0.461 e. The molecule has 0 radical (unpaired) electrons. The predicted molar refractivity (Wildman–Crippen MR) is 82.8 cm³/mol. The van der Waals surface area contributed by atoms with Crippen LogP contribution < -0.4 is 5.73 Å². The number of aromatic nitrogens is 4. The Kier molecular flexibility index (Phi) is 3.84. The Hall–Kier alpha value is -2.74. The fourth-order valence-corrected chi connectivity index (χ4v) is 2.67. The second-order valence-corrected chi connectivity index (χ2v) is 5.17. The predicted octanol–water partition coefficient (Wildman–Crippen LogP) is 2.15. The van der Waals surface area contributed by atoms with Crippen molar-refractivity contribution in [3.8, 4) is 16.4 Å². The van der Waals surface area contributed by atoms with E-state index in [4.69, 9.17) is 10.5 Å². The number of nitrogens with two attached hydrogens (primary N) is 1. The molecule has 0 bridgehead atoms. The zero-order valence-corrected chi connectivity index (χ0v) is 12.6. The monoisotopic (exact) mass is 315 g/mol. The number of esters is 1. The van der Waals surface area contributed by atoms with Crippen LogP contribution in [0.5, 0.6) is 0 Å². The van der Waals surface area contributed by atoms with E-state index in [-0.39, 0.29) is 18.1 Å². The van der Waals surface area contributed by atoms with Gasteiger partial charge in [0.1, 0.15) is 0 Å². The standard InChI is InChI=1S/C14H13N5O2S/c1-2-21-13(20)11-12(15)19(18-17-11)14-16-10(8-22-14)9-6-4-3-5-7-9/h3-8H,2,15H2,1H3. The topological polar surface area (TPSA) is 95.9 Å². The van der Waals surface area contributed by atoms with E-state index in [0.29, 0.717) is 5.13 Å². The van der Waals surface area contributed by atoms with Crippen LogP contribution >= 0.6 is 11.3 Å². The molecule has 0 fully saturated rings. The Morgan fingerprint density at radius 1 is 1.36 bits per heavy atom. The second kappa shape index (κ2) is 5.94. The molecule has 1 aromatic carbocycles. The fourth-order valence-electron chi connectivity index (χ4n) is 1.88. The van der Waals surface area contributed by atoms with Gasteiger partial charge in [0.15, 0.2) is 5.82 Å². The van der Waals surface area contributed by atoms with Crippen LogP contribution in [-0.4, -0.2) is 32.6 Å². The van der Waals surface area contributed by atoms with E-state index >= 15 is 0 Å². The second-order valence-electron chi connectivity index (χ2n) is 4.34. The maximum atomic E-state index is 11.7. The number of anilines is 1. The van der Waals surface area contributed by atoms with Crippen molar-refractivity contribution in [2.45, 2.75) is 6.92 Å². The third-order valence-electron chi connectivity index (χ3n) is 2.92. The van der Waals surface area contributed by atoms with Gasteiger partial charge in [0.2, 0.25) is 10.8 Å².